The summed E-state index contributed by atoms with van der Waals surface area (Å²) in [5.41, 5.74) is 4.46. The number of hydrogen-bond acceptors (Lipinski definition) is 3. The molecule has 0 bridgehead atoms. The molecule has 0 saturated carbocycles. The molecule has 1 aromatic heterocycles. The summed E-state index contributed by atoms with van der Waals surface area (Å²) in [5, 5.41) is 2.90. The zero-order valence-corrected chi connectivity index (χ0v) is 15.9. The summed E-state index contributed by atoms with van der Waals surface area (Å²) in [7, 11) is 3.26. The van der Waals surface area contributed by atoms with Crippen molar-refractivity contribution < 1.29 is 14.3 Å². The second kappa shape index (κ2) is 8.56. The van der Waals surface area contributed by atoms with Crippen molar-refractivity contribution in [3.8, 4) is 22.7 Å². The summed E-state index contributed by atoms with van der Waals surface area (Å²) >= 11 is 0. The number of carbonyl (C=O) groups is 1. The molecule has 0 fully saturated rings. The normalized spacial score (nSPS) is 10.6. The van der Waals surface area contributed by atoms with Gasteiger partial charge in [-0.05, 0) is 30.7 Å². The van der Waals surface area contributed by atoms with Gasteiger partial charge < -0.3 is 19.4 Å². The molecule has 3 rings (SSSR count). The van der Waals surface area contributed by atoms with E-state index in [9.17, 15) is 4.79 Å². The zero-order valence-electron chi connectivity index (χ0n) is 15.9. The number of aromatic nitrogens is 1. The van der Waals surface area contributed by atoms with Crippen molar-refractivity contribution in [2.75, 3.05) is 27.4 Å². The fourth-order valence-electron chi connectivity index (χ4n) is 3.10. The number of rotatable bonds is 7. The summed E-state index contributed by atoms with van der Waals surface area (Å²) < 4.78 is 12.5. The van der Waals surface area contributed by atoms with Gasteiger partial charge in [-0.3, -0.25) is 4.79 Å². The Labute approximate surface area is 159 Å². The minimum absolute atomic E-state index is 0.108. The molecule has 2 aromatic carbocycles. The Bertz CT molecular complexity index is 917. The smallest absolute Gasteiger partial charge is 0.253 e. The van der Waals surface area contributed by atoms with Gasteiger partial charge >= 0.3 is 0 Å². The lowest BCUT2D eigenvalue weighted by Gasteiger charge is -2.13. The fraction of sp³-hybridized carbons (Fsp3) is 0.227. The third kappa shape index (κ3) is 4.04. The predicted octanol–water partition coefficient (Wildman–Crippen LogP) is 3.84. The highest BCUT2D eigenvalue weighted by Gasteiger charge is 2.19. The number of carbonyl (C=O) groups excluding carboxylic acids is 1. The number of hydrogen-bond donors (Lipinski definition) is 1. The van der Waals surface area contributed by atoms with E-state index in [0.717, 1.165) is 28.4 Å². The minimum Gasteiger partial charge on any atom is -0.497 e. The van der Waals surface area contributed by atoms with E-state index in [0.29, 0.717) is 18.7 Å². The van der Waals surface area contributed by atoms with Gasteiger partial charge in [-0.1, -0.05) is 36.4 Å². The van der Waals surface area contributed by atoms with E-state index < -0.39 is 0 Å². The first-order valence-electron chi connectivity index (χ1n) is 8.85. The van der Waals surface area contributed by atoms with Gasteiger partial charge in [-0.25, -0.2) is 0 Å². The lowest BCUT2D eigenvalue weighted by atomic mass is 10.1. The van der Waals surface area contributed by atoms with Crippen LogP contribution >= 0.6 is 0 Å². The van der Waals surface area contributed by atoms with E-state index in [4.69, 9.17) is 9.47 Å². The van der Waals surface area contributed by atoms with Crippen LogP contribution in [0.4, 0.5) is 0 Å². The molecular weight excluding hydrogens is 340 g/mol. The molecule has 0 unspecified atom stereocenters. The van der Waals surface area contributed by atoms with Crippen LogP contribution in [-0.4, -0.2) is 37.8 Å². The Balaban J connectivity index is 2.10. The Morgan fingerprint density at radius 2 is 1.81 bits per heavy atom. The molecule has 1 N–H and O–H groups in total. The molecule has 140 valence electrons. The van der Waals surface area contributed by atoms with Crippen molar-refractivity contribution in [3.05, 3.63) is 71.9 Å². The Morgan fingerprint density at radius 1 is 1.04 bits per heavy atom. The van der Waals surface area contributed by atoms with Crippen molar-refractivity contribution >= 4 is 5.91 Å². The molecule has 27 heavy (non-hydrogen) atoms. The Hall–Kier alpha value is -3.05. The number of nitrogens with zero attached hydrogens (tertiary/aromatic N) is 1. The standard InChI is InChI=1S/C22H24N2O3/c1-16-20(22(25)23-12-13-26-2)15-21(17-8-5-4-6-9-17)24(16)18-10-7-11-19(14-18)27-3/h4-11,14-15H,12-13H2,1-3H3,(H,23,25). The summed E-state index contributed by atoms with van der Waals surface area (Å²) in [4.78, 5) is 12.7. The first kappa shape index (κ1) is 18.7. The molecule has 3 aromatic rings. The molecule has 1 heterocycles. The summed E-state index contributed by atoms with van der Waals surface area (Å²) in [5.74, 6) is 0.661. The predicted molar refractivity (Wildman–Crippen MR) is 107 cm³/mol. The monoisotopic (exact) mass is 364 g/mol. The van der Waals surface area contributed by atoms with Gasteiger partial charge in [0.25, 0.3) is 5.91 Å². The lowest BCUT2D eigenvalue weighted by molar-refractivity contribution is 0.0936. The van der Waals surface area contributed by atoms with Gasteiger partial charge in [-0.2, -0.15) is 0 Å². The SMILES string of the molecule is COCCNC(=O)c1cc(-c2ccccc2)n(-c2cccc(OC)c2)c1C. The molecule has 5 nitrogen and oxygen atoms in total. The van der Waals surface area contributed by atoms with Gasteiger partial charge in [0.15, 0.2) is 0 Å². The maximum atomic E-state index is 12.7. The van der Waals surface area contributed by atoms with E-state index in [2.05, 4.69) is 9.88 Å². The molecule has 1 amide bonds. The number of benzene rings is 2. The molecule has 0 aliphatic carbocycles. The van der Waals surface area contributed by atoms with Crippen LogP contribution in [0.15, 0.2) is 60.7 Å². The van der Waals surface area contributed by atoms with Gasteiger partial charge in [0.1, 0.15) is 5.75 Å². The fourth-order valence-corrected chi connectivity index (χ4v) is 3.10. The highest BCUT2D eigenvalue weighted by molar-refractivity contribution is 5.97. The van der Waals surface area contributed by atoms with E-state index in [1.807, 2.05) is 67.6 Å². The molecule has 5 heteroatoms. The highest BCUT2D eigenvalue weighted by atomic mass is 16.5. The number of nitrogens with one attached hydrogen (secondary N) is 1. The molecule has 0 aliphatic rings. The topological polar surface area (TPSA) is 52.5 Å². The number of methoxy groups -OCH3 is 2. The molecule has 0 saturated heterocycles. The summed E-state index contributed by atoms with van der Waals surface area (Å²) in [6.45, 7) is 2.91. The van der Waals surface area contributed by atoms with E-state index in [1.54, 1.807) is 14.2 Å². The lowest BCUT2D eigenvalue weighted by Crippen LogP contribution is -2.27. The van der Waals surface area contributed by atoms with E-state index in [1.165, 1.54) is 0 Å². The Morgan fingerprint density at radius 3 is 2.52 bits per heavy atom. The minimum atomic E-state index is -0.108. The third-order valence-electron chi connectivity index (χ3n) is 4.46. The average molecular weight is 364 g/mol. The zero-order chi connectivity index (χ0) is 19.2. The second-order valence-corrected chi connectivity index (χ2v) is 6.18. The third-order valence-corrected chi connectivity index (χ3v) is 4.46. The van der Waals surface area contributed by atoms with Crippen LogP contribution in [0.25, 0.3) is 16.9 Å². The largest absolute Gasteiger partial charge is 0.497 e. The number of amides is 1. The maximum absolute atomic E-state index is 12.7. The summed E-state index contributed by atoms with van der Waals surface area (Å²) in [6, 6.07) is 19.8. The van der Waals surface area contributed by atoms with Gasteiger partial charge in [0.2, 0.25) is 0 Å². The van der Waals surface area contributed by atoms with Crippen LogP contribution in [0, 0.1) is 6.92 Å². The quantitative estimate of drug-likeness (QED) is 0.648. The number of ether oxygens (including phenoxy) is 2. The molecular formula is C22H24N2O3. The maximum Gasteiger partial charge on any atom is 0.253 e. The van der Waals surface area contributed by atoms with Crippen LogP contribution in [0.5, 0.6) is 5.75 Å². The molecule has 0 atom stereocenters. The van der Waals surface area contributed by atoms with Crippen LogP contribution in [0.3, 0.4) is 0 Å². The molecule has 0 aliphatic heterocycles. The van der Waals surface area contributed by atoms with Crippen LogP contribution in [-0.2, 0) is 4.74 Å². The summed E-state index contributed by atoms with van der Waals surface area (Å²) in [6.07, 6.45) is 0. The second-order valence-electron chi connectivity index (χ2n) is 6.18. The van der Waals surface area contributed by atoms with Gasteiger partial charge in [0.05, 0.1) is 25.0 Å². The Kier molecular flexibility index (Phi) is 5.94. The van der Waals surface area contributed by atoms with Crippen LogP contribution < -0.4 is 10.1 Å². The van der Waals surface area contributed by atoms with Gasteiger partial charge in [0, 0.05) is 31.1 Å². The molecule has 0 radical (unpaired) electrons. The average Bonchev–Trinajstić information content (AvgIpc) is 3.06. The van der Waals surface area contributed by atoms with E-state index >= 15 is 0 Å². The van der Waals surface area contributed by atoms with E-state index in [-0.39, 0.29) is 5.91 Å². The highest BCUT2D eigenvalue weighted by Crippen LogP contribution is 2.30. The van der Waals surface area contributed by atoms with Crippen molar-refractivity contribution in [2.24, 2.45) is 0 Å². The van der Waals surface area contributed by atoms with Gasteiger partial charge in [-0.15, -0.1) is 0 Å². The van der Waals surface area contributed by atoms with Crippen molar-refractivity contribution in [3.63, 3.8) is 0 Å². The van der Waals surface area contributed by atoms with Crippen molar-refractivity contribution in [1.29, 1.82) is 0 Å². The van der Waals surface area contributed by atoms with Crippen molar-refractivity contribution in [2.45, 2.75) is 6.92 Å². The van der Waals surface area contributed by atoms with Crippen molar-refractivity contribution in [1.82, 2.24) is 9.88 Å². The molecule has 0 spiro atoms. The van der Waals surface area contributed by atoms with Crippen LogP contribution in [0.1, 0.15) is 16.1 Å². The first-order chi connectivity index (χ1) is 13.2. The first-order valence-corrected chi connectivity index (χ1v) is 8.85. The van der Waals surface area contributed by atoms with Crippen LogP contribution in [0.2, 0.25) is 0 Å².